The molecule has 29 atom stereocenters. The van der Waals surface area contributed by atoms with Crippen LogP contribution in [0.3, 0.4) is 0 Å². The second kappa shape index (κ2) is 20.9. The highest BCUT2D eigenvalue weighted by molar-refractivity contribution is 8.76. The van der Waals surface area contributed by atoms with E-state index in [1.54, 1.807) is 18.2 Å². The maximum Gasteiger partial charge on any atom is 0.235 e. The van der Waals surface area contributed by atoms with Gasteiger partial charge in [0, 0.05) is 68.6 Å². The van der Waals surface area contributed by atoms with Crippen LogP contribution in [0.15, 0.2) is 102 Å². The van der Waals surface area contributed by atoms with Gasteiger partial charge in [-0.3, -0.25) is 9.59 Å². The summed E-state index contributed by atoms with van der Waals surface area (Å²) in [5.74, 6) is -1.67. The predicted molar refractivity (Wildman–Crippen MR) is 366 cm³/mol. The molecule has 20 aliphatic rings. The Morgan fingerprint density at radius 2 is 1.70 bits per heavy atom. The number of hydrogen-bond donors (Lipinski definition) is 10. The number of aliphatic hydroxyl groups is 8. The average Bonchev–Trinajstić information content (AvgIpc) is 1.63. The van der Waals surface area contributed by atoms with Crippen LogP contribution in [0.5, 0.6) is 5.75 Å². The summed E-state index contributed by atoms with van der Waals surface area (Å²) in [6.45, 7) is 7.94. The zero-order chi connectivity index (χ0) is 67.0. The van der Waals surface area contributed by atoms with Crippen LogP contribution in [0, 0.1) is 103 Å². The number of amides is 1. The summed E-state index contributed by atoms with van der Waals surface area (Å²) >= 11 is 0. The number of nitrogens with zero attached hydrogens (tertiary/aromatic N) is 1. The maximum atomic E-state index is 17.7. The molecule has 10 N–H and O–H groups in total. The molecule has 4 saturated heterocycles. The van der Waals surface area contributed by atoms with E-state index in [0.717, 1.165) is 60.5 Å². The molecule has 9 heterocycles. The third kappa shape index (κ3) is 7.48. The van der Waals surface area contributed by atoms with Gasteiger partial charge in [-0.25, -0.2) is 0 Å². The molecule has 11 aliphatic carbocycles. The number of hydrogen-bond acceptors (Lipinski definition) is 17. The molecule has 1 aromatic rings. The molecule has 9 aliphatic heterocycles. The molecule has 5 spiro atoms. The Labute approximate surface area is 577 Å². The molecule has 0 aromatic heterocycles. The van der Waals surface area contributed by atoms with Crippen molar-refractivity contribution in [1.82, 2.24) is 5.32 Å². The third-order valence-electron chi connectivity index (χ3n) is 32.6. The lowest BCUT2D eigenvalue weighted by Gasteiger charge is -2.73. The highest BCUT2D eigenvalue weighted by Gasteiger charge is 2.87. The number of piperidine rings is 1. The number of nitrogens with one attached hydrogen (secondary N) is 1. The van der Waals surface area contributed by atoms with Crippen LogP contribution in [0.1, 0.15) is 136 Å². The summed E-state index contributed by atoms with van der Waals surface area (Å²) in [6, 6.07) is 5.49. The Hall–Kier alpha value is -3.44. The molecule has 21 rings (SSSR count). The molecule has 10 fully saturated rings. The van der Waals surface area contributed by atoms with Gasteiger partial charge < -0.3 is 70.4 Å². The highest BCUT2D eigenvalue weighted by atomic mass is 33.1. The Morgan fingerprint density at radius 1 is 0.856 bits per heavy atom. The summed E-state index contributed by atoms with van der Waals surface area (Å²) in [5.41, 5.74) is -12.5. The molecule has 97 heavy (non-hydrogen) atoms. The number of ether oxygens (including phenoxy) is 3. The minimum Gasteiger partial charge on any atom is -0.508 e. The largest absolute Gasteiger partial charge is 0.508 e. The number of epoxide rings is 1. The van der Waals surface area contributed by atoms with E-state index in [9.17, 15) is 46.0 Å². The van der Waals surface area contributed by atoms with E-state index in [1.807, 2.05) is 24.0 Å². The Bertz CT molecular complexity index is 3790. The third-order valence-corrected chi connectivity index (χ3v) is 35.2. The zero-order valence-electron chi connectivity index (χ0n) is 56.6. The van der Waals surface area contributed by atoms with Gasteiger partial charge in [-0.15, -0.1) is 0 Å². The standard InChI is InChI=1S/C79H100N2O14S2/c1-42(2)43(3)63-65(95-63)76(92)18-8-16-69-34-57-55-31-60(85)73(35-61(86)72(91,41-83)38-68(57,73)4)67(90)97-96-37-51-23-45-11-12-49-27-50-28-56(71-19-14-48-10-5-6-17-75(48,80-71)54-30-58-46(9-7-22-93-58)26-47(54)33-71)64(88)74(50)39-81(66(89)79(51,74)70(49,32-45)40-82)52-24-44(25-53(84)29-52)13-20-77(69)59(76)15-21-78(55,77)94-36-62(69)87/h7-9,11-12,14,16,19,24-27,29,31,42-43,45,47-48,50-51,54,56-59,61-65,67,80,82-84,86-88,90-92H,5-6,10,13,15,17-18,20-23,28,30,32-41H2,1-4H3/t43-,45+,47+,48-,50+,51+,54+,56+,57+,58+,59-,61-,62-,63+,64+,65-,67+,68-,69-,70-,71-,72-,73+,74+,75+,76-,77+,78-,79-/m1/s1. The molecule has 6 saturated carbocycles. The van der Waals surface area contributed by atoms with Gasteiger partial charge in [0.05, 0.1) is 73.4 Å². The van der Waals surface area contributed by atoms with E-state index in [-0.39, 0.29) is 123 Å². The topological polar surface area (TPSA) is 262 Å². The molecule has 18 heteroatoms. The van der Waals surface area contributed by atoms with Crippen LogP contribution in [-0.4, -0.2) is 166 Å². The molecular weight excluding hydrogens is 1270 g/mol. The van der Waals surface area contributed by atoms with Crippen molar-refractivity contribution in [2.45, 2.75) is 207 Å². The zero-order valence-corrected chi connectivity index (χ0v) is 58.2. The monoisotopic (exact) mass is 1360 g/mol. The quantitative estimate of drug-likeness (QED) is 0.0730. The highest BCUT2D eigenvalue weighted by Crippen LogP contribution is 2.84. The lowest BCUT2D eigenvalue weighted by molar-refractivity contribution is -0.301. The number of aryl methyl sites for hydroxylation is 1. The fourth-order valence-corrected chi connectivity index (χ4v) is 31.5. The number of phenols is 1. The van der Waals surface area contributed by atoms with Crippen molar-refractivity contribution in [3.8, 4) is 5.75 Å². The summed E-state index contributed by atoms with van der Waals surface area (Å²) in [7, 11) is 2.53. The van der Waals surface area contributed by atoms with Gasteiger partial charge in [0.1, 0.15) is 28.5 Å². The molecule has 16 nitrogen and oxygen atoms in total. The number of aliphatic hydroxyl groups excluding tert-OH is 6. The Balaban J connectivity index is 0.808. The van der Waals surface area contributed by atoms with E-state index in [4.69, 9.17) is 14.2 Å². The number of aromatic hydroxyl groups is 1. The maximum absolute atomic E-state index is 17.7. The van der Waals surface area contributed by atoms with E-state index in [1.165, 1.54) is 16.4 Å². The van der Waals surface area contributed by atoms with Crippen molar-refractivity contribution < 1.29 is 69.8 Å². The van der Waals surface area contributed by atoms with Crippen LogP contribution < -0.4 is 10.2 Å². The van der Waals surface area contributed by atoms with Gasteiger partial charge in [-0.2, -0.15) is 0 Å². The number of carbonyl (C=O) groups is 2. The molecule has 14 bridgehead atoms. The van der Waals surface area contributed by atoms with Crippen molar-refractivity contribution in [2.24, 2.45) is 103 Å². The summed E-state index contributed by atoms with van der Waals surface area (Å²) in [4.78, 5) is 36.1. The first kappa shape index (κ1) is 64.4. The van der Waals surface area contributed by atoms with Crippen LogP contribution in [-0.2, 0) is 30.2 Å². The SMILES string of the molecule is CC(C)[C@@H](C)[C@@H]1O[C@H]1[C@@]1(O)CC=C[C@]23C[C@H]4C5=CC(=O)[C@@]6(C[C@@H](O)[C@](O)(CO)C[C@]46C)[C@@H](O)SSC[C@@H]4C[C@@H]6C=CC7=C[C@H]8C[C@H]([C@]9%10C=C[C@H]%11CCCC[C@@]%11(N9)[C@H]9C[C@@H]%11OCC=CC%11=C[C@H]9C%10)[C@H](O)[C@]89CN(C(=O)[C@@]49[C@@]7(CO)C6)c4cc(O)cc(c4)CC[C@]24[C@@H]1CC[C@@]54OC[C@H]3O. The van der Waals surface area contributed by atoms with E-state index < -0.39 is 120 Å². The first-order chi connectivity index (χ1) is 46.4. The lowest BCUT2D eigenvalue weighted by Crippen LogP contribution is -2.77. The average molecular weight is 1370 g/mol. The van der Waals surface area contributed by atoms with E-state index >= 15 is 9.59 Å². The van der Waals surface area contributed by atoms with Crippen molar-refractivity contribution in [3.63, 3.8) is 0 Å². The number of ketones is 1. The number of benzene rings is 1. The first-order valence-electron chi connectivity index (χ1n) is 37.4. The van der Waals surface area contributed by atoms with Crippen molar-refractivity contribution >= 4 is 39.0 Å². The minimum absolute atomic E-state index is 0.0394. The van der Waals surface area contributed by atoms with Crippen molar-refractivity contribution in [1.29, 1.82) is 0 Å². The molecule has 0 radical (unpaired) electrons. The lowest BCUT2D eigenvalue weighted by atomic mass is 9.33. The molecular formula is C79H100N2O14S2. The number of anilines is 1. The van der Waals surface area contributed by atoms with Crippen molar-refractivity contribution in [2.75, 3.05) is 43.6 Å². The van der Waals surface area contributed by atoms with Crippen molar-refractivity contribution in [3.05, 3.63) is 107 Å². The van der Waals surface area contributed by atoms with Gasteiger partial charge in [0.2, 0.25) is 5.91 Å². The van der Waals surface area contributed by atoms with E-state index in [2.05, 4.69) is 80.8 Å². The Kier molecular flexibility index (Phi) is 13.9. The fraction of sp³-hybridized carbons (Fsp3) is 0.722. The number of fused-ring (bicyclic) bond motifs is 5. The van der Waals surface area contributed by atoms with Gasteiger partial charge in [0.15, 0.2) is 5.78 Å². The van der Waals surface area contributed by atoms with Crippen LogP contribution in [0.25, 0.3) is 0 Å². The Morgan fingerprint density at radius 3 is 2.52 bits per heavy atom. The second-order valence-electron chi connectivity index (χ2n) is 35.6. The molecule has 1 amide bonds. The van der Waals surface area contributed by atoms with Crippen LogP contribution in [0.2, 0.25) is 0 Å². The number of carbonyl (C=O) groups excluding carboxylic acids is 2. The normalized spacial score (nSPS) is 54.6. The van der Waals surface area contributed by atoms with Gasteiger partial charge in [-0.1, -0.05) is 123 Å². The first-order valence-corrected chi connectivity index (χ1v) is 39.7. The van der Waals surface area contributed by atoms with Crippen LogP contribution in [0.4, 0.5) is 5.69 Å². The molecule has 0 unspecified atom stereocenters. The molecule has 1 aromatic carbocycles. The fourth-order valence-electron chi connectivity index (χ4n) is 28.4. The number of rotatable bonds is 6. The smallest absolute Gasteiger partial charge is 0.235 e. The number of allylic oxidation sites excluding steroid dienone is 5. The van der Waals surface area contributed by atoms with Gasteiger partial charge in [0.25, 0.3) is 0 Å². The molecule has 522 valence electrons. The summed E-state index contributed by atoms with van der Waals surface area (Å²) < 4.78 is 20.7. The minimum atomic E-state index is -2.09. The van der Waals surface area contributed by atoms with Gasteiger partial charge >= 0.3 is 0 Å². The predicted octanol–water partition coefficient (Wildman–Crippen LogP) is 8.28. The second-order valence-corrected chi connectivity index (χ2v) is 38.1. The number of phenolic OH excluding ortho intramolecular Hbond substituents is 1. The summed E-state index contributed by atoms with van der Waals surface area (Å²) in [5, 5.41) is 122. The van der Waals surface area contributed by atoms with Gasteiger partial charge in [-0.05, 0) is 195 Å². The van der Waals surface area contributed by atoms with E-state index in [0.29, 0.717) is 68.2 Å². The summed E-state index contributed by atoms with van der Waals surface area (Å²) in [6.07, 6.45) is 28.8. The van der Waals surface area contributed by atoms with Crippen LogP contribution >= 0.6 is 21.6 Å².